The lowest BCUT2D eigenvalue weighted by atomic mass is 10.2. The van der Waals surface area contributed by atoms with Crippen molar-refractivity contribution >= 4 is 27.8 Å². The molecule has 0 fully saturated rings. The molecule has 0 aliphatic rings. The van der Waals surface area contributed by atoms with Crippen molar-refractivity contribution in [1.82, 2.24) is 10.6 Å². The standard InChI is InChI=1S/C10H19BrN2O3/c1-7(2)4-13-9(14)6-12-5-8(11)10(15)16-3/h7-8,12H,4-6H2,1-3H3,(H,13,14). The van der Waals surface area contributed by atoms with Gasteiger partial charge in [0.05, 0.1) is 13.7 Å². The fourth-order valence-corrected chi connectivity index (χ4v) is 1.32. The first kappa shape index (κ1) is 15.4. The van der Waals surface area contributed by atoms with Gasteiger partial charge in [-0.05, 0) is 5.92 Å². The van der Waals surface area contributed by atoms with Crippen LogP contribution in [0.5, 0.6) is 0 Å². The minimum Gasteiger partial charge on any atom is -0.468 e. The van der Waals surface area contributed by atoms with Crippen LogP contribution in [0.1, 0.15) is 13.8 Å². The quantitative estimate of drug-likeness (QED) is 0.523. The van der Waals surface area contributed by atoms with Crippen LogP contribution in [0, 0.1) is 5.92 Å². The van der Waals surface area contributed by atoms with Gasteiger partial charge in [0, 0.05) is 13.1 Å². The van der Waals surface area contributed by atoms with Crippen LogP contribution in [0.2, 0.25) is 0 Å². The Bertz CT molecular complexity index is 234. The lowest BCUT2D eigenvalue weighted by molar-refractivity contribution is -0.139. The van der Waals surface area contributed by atoms with Crippen molar-refractivity contribution in [3.8, 4) is 0 Å². The molecule has 94 valence electrons. The number of nitrogens with one attached hydrogen (secondary N) is 2. The number of methoxy groups -OCH3 is 1. The number of ether oxygens (including phenoxy) is 1. The number of carbonyl (C=O) groups excluding carboxylic acids is 2. The van der Waals surface area contributed by atoms with Crippen molar-refractivity contribution in [3.05, 3.63) is 0 Å². The molecule has 16 heavy (non-hydrogen) atoms. The smallest absolute Gasteiger partial charge is 0.320 e. The molecule has 0 spiro atoms. The van der Waals surface area contributed by atoms with Crippen LogP contribution < -0.4 is 10.6 Å². The summed E-state index contributed by atoms with van der Waals surface area (Å²) in [5.74, 6) is 0.0105. The summed E-state index contributed by atoms with van der Waals surface area (Å²) in [6.45, 7) is 5.28. The van der Waals surface area contributed by atoms with Gasteiger partial charge >= 0.3 is 5.97 Å². The van der Waals surface area contributed by atoms with Crippen molar-refractivity contribution in [3.63, 3.8) is 0 Å². The number of hydrogen-bond acceptors (Lipinski definition) is 4. The summed E-state index contributed by atoms with van der Waals surface area (Å²) >= 11 is 3.15. The molecule has 0 aliphatic carbocycles. The Hall–Kier alpha value is -0.620. The number of carbonyl (C=O) groups is 2. The van der Waals surface area contributed by atoms with Crippen LogP contribution in [0.15, 0.2) is 0 Å². The Morgan fingerprint density at radius 1 is 1.31 bits per heavy atom. The zero-order chi connectivity index (χ0) is 12.6. The number of rotatable bonds is 7. The maximum Gasteiger partial charge on any atom is 0.320 e. The van der Waals surface area contributed by atoms with Crippen molar-refractivity contribution in [2.45, 2.75) is 18.7 Å². The highest BCUT2D eigenvalue weighted by atomic mass is 79.9. The highest BCUT2D eigenvalue weighted by molar-refractivity contribution is 9.10. The molecule has 0 aromatic heterocycles. The van der Waals surface area contributed by atoms with Crippen LogP contribution >= 0.6 is 15.9 Å². The Morgan fingerprint density at radius 2 is 1.94 bits per heavy atom. The molecule has 0 saturated carbocycles. The van der Waals surface area contributed by atoms with Crippen LogP contribution in [0.4, 0.5) is 0 Å². The first-order valence-electron chi connectivity index (χ1n) is 5.16. The number of amides is 1. The molecule has 1 unspecified atom stereocenters. The molecule has 0 saturated heterocycles. The highest BCUT2D eigenvalue weighted by Crippen LogP contribution is 1.99. The maximum absolute atomic E-state index is 11.3. The van der Waals surface area contributed by atoms with Crippen molar-refractivity contribution in [2.24, 2.45) is 5.92 Å². The second-order valence-corrected chi connectivity index (χ2v) is 4.92. The molecule has 1 atom stereocenters. The fourth-order valence-electron chi connectivity index (χ4n) is 0.904. The van der Waals surface area contributed by atoms with E-state index in [1.807, 2.05) is 13.8 Å². The SMILES string of the molecule is COC(=O)C(Br)CNCC(=O)NCC(C)C. The zero-order valence-electron chi connectivity index (χ0n) is 9.88. The third-order valence-electron chi connectivity index (χ3n) is 1.77. The van der Waals surface area contributed by atoms with Crippen molar-refractivity contribution in [2.75, 3.05) is 26.7 Å². The molecular formula is C10H19BrN2O3. The summed E-state index contributed by atoms with van der Waals surface area (Å²) in [7, 11) is 1.33. The molecule has 2 N–H and O–H groups in total. The fraction of sp³-hybridized carbons (Fsp3) is 0.800. The van der Waals surface area contributed by atoms with Gasteiger partial charge in [0.2, 0.25) is 5.91 Å². The van der Waals surface area contributed by atoms with E-state index >= 15 is 0 Å². The summed E-state index contributed by atoms with van der Waals surface area (Å²) in [5.41, 5.74) is 0. The second-order valence-electron chi connectivity index (χ2n) is 3.82. The van der Waals surface area contributed by atoms with Crippen molar-refractivity contribution < 1.29 is 14.3 Å². The lowest BCUT2D eigenvalue weighted by Crippen LogP contribution is -2.39. The molecule has 0 aromatic rings. The molecule has 5 nitrogen and oxygen atoms in total. The molecule has 0 bridgehead atoms. The van der Waals surface area contributed by atoms with E-state index in [0.29, 0.717) is 19.0 Å². The third-order valence-corrected chi connectivity index (χ3v) is 2.47. The Kier molecular flexibility index (Phi) is 8.19. The van der Waals surface area contributed by atoms with E-state index in [4.69, 9.17) is 0 Å². The molecule has 0 radical (unpaired) electrons. The number of halogens is 1. The van der Waals surface area contributed by atoms with Crippen LogP contribution in [0.25, 0.3) is 0 Å². The summed E-state index contributed by atoms with van der Waals surface area (Å²) in [6.07, 6.45) is 0. The van der Waals surface area contributed by atoms with Gasteiger partial charge in [-0.1, -0.05) is 29.8 Å². The number of alkyl halides is 1. The minimum atomic E-state index is -0.421. The normalized spacial score (nSPS) is 12.3. The largest absolute Gasteiger partial charge is 0.468 e. The summed E-state index contributed by atoms with van der Waals surface area (Å²) < 4.78 is 4.52. The number of hydrogen-bond donors (Lipinski definition) is 2. The Balaban J connectivity index is 3.58. The van der Waals surface area contributed by atoms with E-state index in [-0.39, 0.29) is 18.4 Å². The molecule has 6 heteroatoms. The zero-order valence-corrected chi connectivity index (χ0v) is 11.5. The lowest BCUT2D eigenvalue weighted by Gasteiger charge is -2.10. The van der Waals surface area contributed by atoms with E-state index in [9.17, 15) is 9.59 Å². The highest BCUT2D eigenvalue weighted by Gasteiger charge is 2.14. The topological polar surface area (TPSA) is 67.4 Å². The third kappa shape index (κ3) is 7.64. The van der Waals surface area contributed by atoms with E-state index in [1.54, 1.807) is 0 Å². The van der Waals surface area contributed by atoms with Crippen LogP contribution in [0.3, 0.4) is 0 Å². The van der Waals surface area contributed by atoms with Gasteiger partial charge in [0.1, 0.15) is 4.83 Å². The van der Waals surface area contributed by atoms with Gasteiger partial charge in [0.25, 0.3) is 0 Å². The van der Waals surface area contributed by atoms with Gasteiger partial charge in [-0.15, -0.1) is 0 Å². The maximum atomic E-state index is 11.3. The van der Waals surface area contributed by atoms with Gasteiger partial charge in [-0.2, -0.15) is 0 Å². The molecule has 0 aliphatic heterocycles. The van der Waals surface area contributed by atoms with E-state index < -0.39 is 4.83 Å². The average molecular weight is 295 g/mol. The van der Waals surface area contributed by atoms with Gasteiger partial charge in [0.15, 0.2) is 0 Å². The van der Waals surface area contributed by atoms with Gasteiger partial charge < -0.3 is 15.4 Å². The Labute approximate surface area is 104 Å². The molecule has 1 amide bonds. The summed E-state index contributed by atoms with van der Waals surface area (Å²) in [6, 6.07) is 0. The van der Waals surface area contributed by atoms with Crippen molar-refractivity contribution in [1.29, 1.82) is 0 Å². The van der Waals surface area contributed by atoms with Crippen LogP contribution in [-0.2, 0) is 14.3 Å². The molecule has 0 rings (SSSR count). The predicted octanol–water partition coefficient (Wildman–Crippen LogP) is 0.285. The van der Waals surface area contributed by atoms with E-state index in [2.05, 4.69) is 31.3 Å². The molecular weight excluding hydrogens is 276 g/mol. The monoisotopic (exact) mass is 294 g/mol. The van der Waals surface area contributed by atoms with Crippen LogP contribution in [-0.4, -0.2) is 43.4 Å². The Morgan fingerprint density at radius 3 is 2.44 bits per heavy atom. The van der Waals surface area contributed by atoms with E-state index in [0.717, 1.165) is 0 Å². The molecule has 0 heterocycles. The minimum absolute atomic E-state index is 0.0711. The van der Waals surface area contributed by atoms with E-state index in [1.165, 1.54) is 7.11 Å². The first-order valence-corrected chi connectivity index (χ1v) is 6.08. The van der Waals surface area contributed by atoms with Gasteiger partial charge in [-0.3, -0.25) is 9.59 Å². The average Bonchev–Trinajstić information content (AvgIpc) is 2.24. The number of esters is 1. The predicted molar refractivity (Wildman–Crippen MR) is 65.4 cm³/mol. The summed E-state index contributed by atoms with van der Waals surface area (Å²) in [5, 5.41) is 5.63. The summed E-state index contributed by atoms with van der Waals surface area (Å²) in [4.78, 5) is 21.8. The molecule has 0 aromatic carbocycles. The van der Waals surface area contributed by atoms with Gasteiger partial charge in [-0.25, -0.2) is 0 Å². The first-order chi connectivity index (χ1) is 7.47. The second kappa shape index (κ2) is 8.52.